The van der Waals surface area contributed by atoms with Gasteiger partial charge in [0.1, 0.15) is 0 Å². The molecule has 0 aromatic rings. The van der Waals surface area contributed by atoms with Crippen molar-refractivity contribution in [2.45, 2.75) is 39.5 Å². The average Bonchev–Trinajstić information content (AvgIpc) is 1.92. The van der Waals surface area contributed by atoms with Crippen molar-refractivity contribution < 1.29 is 26.7 Å². The Morgan fingerprint density at radius 1 is 1.36 bits per heavy atom. The monoisotopic (exact) mass is 203 g/mol. The van der Waals surface area contributed by atoms with Crippen molar-refractivity contribution in [2.75, 3.05) is 0 Å². The van der Waals surface area contributed by atoms with Gasteiger partial charge in [0.15, 0.2) is 0 Å². The van der Waals surface area contributed by atoms with Crippen LogP contribution in [0.1, 0.15) is 39.5 Å². The Balaban J connectivity index is -0.000000196. The maximum absolute atomic E-state index is 9.76. The van der Waals surface area contributed by atoms with Gasteiger partial charge >= 0.3 is 16.8 Å². The zero-order valence-corrected chi connectivity index (χ0v) is 8.23. The average molecular weight is 203 g/mol. The van der Waals surface area contributed by atoms with Gasteiger partial charge < -0.3 is 16.8 Å². The number of unbranched alkanes of at least 4 members (excludes halogenated alkanes) is 2. The summed E-state index contributed by atoms with van der Waals surface area (Å²) in [5, 5.41) is 9.76. The third-order valence-electron chi connectivity index (χ3n) is 0.984. The molecule has 0 atom stereocenters. The normalized spacial score (nSPS) is 7.18. The number of hydrogen-bond acceptors (Lipinski definition) is 2. The number of carbonyl (C=O) groups excluding carboxylic acids is 1. The van der Waals surface area contributed by atoms with Crippen molar-refractivity contribution in [3.05, 3.63) is 6.92 Å². The molecule has 0 N–H and O–H groups in total. The summed E-state index contributed by atoms with van der Waals surface area (Å²) in [4.78, 5) is 9.76. The van der Waals surface area contributed by atoms with E-state index in [9.17, 15) is 9.90 Å². The first-order valence-electron chi connectivity index (χ1n) is 3.68. The topological polar surface area (TPSA) is 40.1 Å². The van der Waals surface area contributed by atoms with Crippen LogP contribution in [-0.4, -0.2) is 5.97 Å². The molecule has 0 aromatic heterocycles. The van der Waals surface area contributed by atoms with Crippen LogP contribution in [0.5, 0.6) is 0 Å². The Bertz CT molecular complexity index is 74.5. The fourth-order valence-electron chi connectivity index (χ4n) is 0.519. The molecule has 0 spiro atoms. The molecule has 0 amide bonds. The molecule has 0 saturated heterocycles. The Labute approximate surface area is 79.6 Å². The van der Waals surface area contributed by atoms with Crippen LogP contribution < -0.4 is 5.11 Å². The van der Waals surface area contributed by atoms with E-state index < -0.39 is 5.97 Å². The molecule has 0 aliphatic carbocycles. The molecule has 0 bridgehead atoms. The van der Waals surface area contributed by atoms with Gasteiger partial charge in [-0.15, -0.1) is 0 Å². The van der Waals surface area contributed by atoms with Crippen LogP contribution >= 0.6 is 0 Å². The Morgan fingerprint density at radius 3 is 2.09 bits per heavy atom. The van der Waals surface area contributed by atoms with E-state index in [4.69, 9.17) is 0 Å². The van der Waals surface area contributed by atoms with Gasteiger partial charge in [-0.25, -0.2) is 0 Å². The van der Waals surface area contributed by atoms with Crippen LogP contribution in [0.4, 0.5) is 0 Å². The summed E-state index contributed by atoms with van der Waals surface area (Å²) in [6.45, 7) is 7.04. The molecule has 0 heterocycles. The van der Waals surface area contributed by atoms with E-state index in [1.165, 1.54) is 0 Å². The molecule has 69 valence electrons. The third kappa shape index (κ3) is 25.6. The minimum absolute atomic E-state index is 0. The predicted molar refractivity (Wildman–Crippen MR) is 40.2 cm³/mol. The van der Waals surface area contributed by atoms with Gasteiger partial charge in [0.2, 0.25) is 0 Å². The molecule has 11 heavy (non-hydrogen) atoms. The van der Waals surface area contributed by atoms with Crippen molar-refractivity contribution in [1.82, 2.24) is 0 Å². The summed E-state index contributed by atoms with van der Waals surface area (Å²) in [5.41, 5.74) is 0. The summed E-state index contributed by atoms with van der Waals surface area (Å²) in [7, 11) is 0. The fourth-order valence-corrected chi connectivity index (χ4v) is 0.519. The van der Waals surface area contributed by atoms with Gasteiger partial charge in [-0.1, -0.05) is 19.8 Å². The van der Waals surface area contributed by atoms with Crippen LogP contribution in [0.3, 0.4) is 0 Å². The third-order valence-corrected chi connectivity index (χ3v) is 0.984. The number of carboxylic acid groups (broad SMARTS) is 1. The van der Waals surface area contributed by atoms with Gasteiger partial charge in [0.05, 0.1) is 0 Å². The first-order chi connectivity index (χ1) is 4.77. The largest absolute Gasteiger partial charge is 2.00 e. The molecular weight excluding hydrogens is 187 g/mol. The number of carboxylic acids is 1. The van der Waals surface area contributed by atoms with Gasteiger partial charge in [-0.2, -0.15) is 6.92 Å². The second kappa shape index (κ2) is 16.5. The number of rotatable bonds is 4. The van der Waals surface area contributed by atoms with E-state index >= 15 is 0 Å². The van der Waals surface area contributed by atoms with E-state index in [1.807, 2.05) is 6.92 Å². The fraction of sp³-hybridized carbons (Fsp3) is 0.750. The van der Waals surface area contributed by atoms with Gasteiger partial charge in [0.25, 0.3) is 0 Å². The van der Waals surface area contributed by atoms with E-state index in [2.05, 4.69) is 6.92 Å². The Morgan fingerprint density at radius 2 is 1.82 bits per heavy atom. The number of hydrogen-bond donors (Lipinski definition) is 0. The van der Waals surface area contributed by atoms with Crippen LogP contribution in [0.15, 0.2) is 0 Å². The first-order valence-corrected chi connectivity index (χ1v) is 3.68. The molecule has 2 nitrogen and oxygen atoms in total. The molecule has 0 fully saturated rings. The first kappa shape index (κ1) is 17.2. The number of aliphatic carboxylic acids is 1. The van der Waals surface area contributed by atoms with Crippen molar-refractivity contribution in [3.63, 3.8) is 0 Å². The molecule has 0 saturated carbocycles. The zero-order chi connectivity index (χ0) is 8.41. The number of carbonyl (C=O) groups is 1. The minimum Gasteiger partial charge on any atom is -0.550 e. The van der Waals surface area contributed by atoms with E-state index in [1.54, 1.807) is 6.92 Å². The van der Waals surface area contributed by atoms with Gasteiger partial charge in [-0.05, 0) is 12.8 Å². The Kier molecular flexibility index (Phi) is 25.8. The van der Waals surface area contributed by atoms with E-state index in [0.717, 1.165) is 19.3 Å². The predicted octanol–water partition coefficient (Wildman–Crippen LogP) is 1.15. The van der Waals surface area contributed by atoms with Crippen LogP contribution in [0.25, 0.3) is 0 Å². The summed E-state index contributed by atoms with van der Waals surface area (Å²) in [6, 6.07) is 0. The maximum Gasteiger partial charge on any atom is 2.00 e. The second-order valence-electron chi connectivity index (χ2n) is 1.83. The van der Waals surface area contributed by atoms with E-state index in [0.29, 0.717) is 0 Å². The molecule has 1 radical (unpaired) electrons. The molecule has 0 unspecified atom stereocenters. The van der Waals surface area contributed by atoms with Crippen molar-refractivity contribution >= 4 is 5.97 Å². The molecular formula is C8H16CoO2. The quantitative estimate of drug-likeness (QED) is 0.508. The van der Waals surface area contributed by atoms with E-state index in [-0.39, 0.29) is 23.2 Å². The molecule has 0 aliphatic heterocycles. The standard InChI is InChI=1S/C6H12O2.C2H5.Co/c1-2-3-4-5-6(7)8;1-2;/h2-5H2,1H3,(H,7,8);1H2,2H3;/q;-1;+2/p-1. The second-order valence-corrected chi connectivity index (χ2v) is 1.83. The van der Waals surface area contributed by atoms with Crippen molar-refractivity contribution in [1.29, 1.82) is 0 Å². The Hall–Kier alpha value is -0.0235. The summed E-state index contributed by atoms with van der Waals surface area (Å²) < 4.78 is 0. The smallest absolute Gasteiger partial charge is 0.550 e. The molecule has 3 heteroatoms. The van der Waals surface area contributed by atoms with Crippen LogP contribution in [0, 0.1) is 6.92 Å². The van der Waals surface area contributed by atoms with Crippen LogP contribution in [-0.2, 0) is 21.6 Å². The minimum atomic E-state index is -0.932. The summed E-state index contributed by atoms with van der Waals surface area (Å²) >= 11 is 0. The zero-order valence-electron chi connectivity index (χ0n) is 7.19. The summed E-state index contributed by atoms with van der Waals surface area (Å²) in [6.07, 6.45) is 3.04. The molecule has 0 rings (SSSR count). The molecule has 0 aliphatic rings. The van der Waals surface area contributed by atoms with Crippen molar-refractivity contribution in [2.24, 2.45) is 0 Å². The molecule has 0 aromatic carbocycles. The van der Waals surface area contributed by atoms with Crippen molar-refractivity contribution in [3.8, 4) is 0 Å². The van der Waals surface area contributed by atoms with Crippen LogP contribution in [0.2, 0.25) is 0 Å². The summed E-state index contributed by atoms with van der Waals surface area (Å²) in [5.74, 6) is -0.932. The van der Waals surface area contributed by atoms with Gasteiger partial charge in [-0.3, -0.25) is 0 Å². The maximum atomic E-state index is 9.76. The van der Waals surface area contributed by atoms with Gasteiger partial charge in [0, 0.05) is 5.97 Å². The SMILES string of the molecule is CCCCCC(=O)[O-].[CH2-]C.[Co+2].